The third-order valence-corrected chi connectivity index (χ3v) is 6.71. The summed E-state index contributed by atoms with van der Waals surface area (Å²) in [4.78, 5) is 0. The molecular formula is C36H41F. The second kappa shape index (κ2) is 16.5. The van der Waals surface area contributed by atoms with E-state index in [1.54, 1.807) is 6.07 Å². The van der Waals surface area contributed by atoms with Gasteiger partial charge in [0.2, 0.25) is 0 Å². The molecule has 0 heterocycles. The molecule has 0 fully saturated rings. The summed E-state index contributed by atoms with van der Waals surface area (Å²) in [5, 5.41) is 0. The highest BCUT2D eigenvalue weighted by molar-refractivity contribution is 5.49. The van der Waals surface area contributed by atoms with Crippen molar-refractivity contribution in [2.45, 2.75) is 90.9 Å². The lowest BCUT2D eigenvalue weighted by molar-refractivity contribution is 0.575. The SMILES string of the molecule is CCCCCCCCCCc1ccc(C#Cc2ccc(C#Cc3ccc(CCCC)cc3)cc2F)cc1. The maximum absolute atomic E-state index is 14.6. The van der Waals surface area contributed by atoms with Gasteiger partial charge in [-0.25, -0.2) is 4.39 Å². The van der Waals surface area contributed by atoms with E-state index in [0.29, 0.717) is 11.1 Å². The lowest BCUT2D eigenvalue weighted by atomic mass is 10.0. The van der Waals surface area contributed by atoms with Crippen LogP contribution in [0.2, 0.25) is 0 Å². The zero-order valence-corrected chi connectivity index (χ0v) is 22.7. The summed E-state index contributed by atoms with van der Waals surface area (Å²) in [6.45, 7) is 4.46. The topological polar surface area (TPSA) is 0 Å². The average Bonchev–Trinajstić information content (AvgIpc) is 2.93. The molecule has 0 bridgehead atoms. The van der Waals surface area contributed by atoms with Crippen LogP contribution < -0.4 is 0 Å². The van der Waals surface area contributed by atoms with Crippen LogP contribution in [0.15, 0.2) is 66.7 Å². The van der Waals surface area contributed by atoms with Crippen LogP contribution in [0.3, 0.4) is 0 Å². The van der Waals surface area contributed by atoms with Crippen LogP contribution in [0, 0.1) is 29.5 Å². The smallest absolute Gasteiger partial charge is 0.140 e. The lowest BCUT2D eigenvalue weighted by Crippen LogP contribution is -1.88. The van der Waals surface area contributed by atoms with E-state index in [1.165, 1.54) is 81.4 Å². The van der Waals surface area contributed by atoms with E-state index in [9.17, 15) is 4.39 Å². The molecule has 0 saturated heterocycles. The largest absolute Gasteiger partial charge is 0.206 e. The Balaban J connectivity index is 1.48. The Morgan fingerprint density at radius 3 is 1.51 bits per heavy atom. The molecule has 0 atom stereocenters. The molecule has 3 aromatic carbocycles. The van der Waals surface area contributed by atoms with Crippen LogP contribution in [0.4, 0.5) is 4.39 Å². The van der Waals surface area contributed by atoms with Gasteiger partial charge in [0.15, 0.2) is 0 Å². The van der Waals surface area contributed by atoms with E-state index in [4.69, 9.17) is 0 Å². The van der Waals surface area contributed by atoms with Gasteiger partial charge in [0.05, 0.1) is 5.56 Å². The third-order valence-electron chi connectivity index (χ3n) is 6.71. The Kier molecular flexibility index (Phi) is 12.6. The summed E-state index contributed by atoms with van der Waals surface area (Å²) in [6.07, 6.45) is 15.3. The summed E-state index contributed by atoms with van der Waals surface area (Å²) in [5.41, 5.74) is 5.58. The first kappa shape index (κ1) is 28.3. The Labute approximate surface area is 224 Å². The molecule has 0 unspecified atom stereocenters. The van der Waals surface area contributed by atoms with Crippen molar-refractivity contribution in [3.05, 3.63) is 106 Å². The van der Waals surface area contributed by atoms with Crippen molar-refractivity contribution in [2.24, 2.45) is 0 Å². The zero-order valence-electron chi connectivity index (χ0n) is 22.7. The predicted octanol–water partition coefficient (Wildman–Crippen LogP) is 9.65. The molecule has 0 aliphatic heterocycles. The monoisotopic (exact) mass is 492 g/mol. The van der Waals surface area contributed by atoms with Gasteiger partial charge in [0, 0.05) is 16.7 Å². The predicted molar refractivity (Wildman–Crippen MR) is 156 cm³/mol. The van der Waals surface area contributed by atoms with E-state index in [-0.39, 0.29) is 5.82 Å². The van der Waals surface area contributed by atoms with Crippen LogP contribution >= 0.6 is 0 Å². The van der Waals surface area contributed by atoms with E-state index < -0.39 is 0 Å². The van der Waals surface area contributed by atoms with Gasteiger partial charge in [0.1, 0.15) is 5.82 Å². The van der Waals surface area contributed by atoms with E-state index in [2.05, 4.69) is 61.8 Å². The molecule has 0 saturated carbocycles. The van der Waals surface area contributed by atoms with Crippen molar-refractivity contribution in [1.29, 1.82) is 0 Å². The van der Waals surface area contributed by atoms with Crippen LogP contribution in [0.25, 0.3) is 0 Å². The van der Waals surface area contributed by atoms with E-state index >= 15 is 0 Å². The Morgan fingerprint density at radius 2 is 0.946 bits per heavy atom. The number of benzene rings is 3. The van der Waals surface area contributed by atoms with Crippen molar-refractivity contribution in [1.82, 2.24) is 0 Å². The Morgan fingerprint density at radius 1 is 0.486 bits per heavy atom. The van der Waals surface area contributed by atoms with Gasteiger partial charge in [-0.05, 0) is 79.3 Å². The Hall–Kier alpha value is -3.29. The van der Waals surface area contributed by atoms with E-state index in [0.717, 1.165) is 24.0 Å². The molecule has 192 valence electrons. The fourth-order valence-electron chi connectivity index (χ4n) is 4.33. The quantitative estimate of drug-likeness (QED) is 0.174. The van der Waals surface area contributed by atoms with Gasteiger partial charge < -0.3 is 0 Å². The molecule has 0 nitrogen and oxygen atoms in total. The molecule has 0 radical (unpaired) electrons. The molecule has 0 aliphatic rings. The maximum Gasteiger partial charge on any atom is 0.140 e. The molecule has 37 heavy (non-hydrogen) atoms. The summed E-state index contributed by atoms with van der Waals surface area (Å²) in [7, 11) is 0. The fraction of sp³-hybridized carbons (Fsp3) is 0.389. The molecule has 0 spiro atoms. The molecule has 0 N–H and O–H groups in total. The number of unbranched alkanes of at least 4 members (excludes halogenated alkanes) is 8. The minimum Gasteiger partial charge on any atom is -0.206 e. The summed E-state index contributed by atoms with van der Waals surface area (Å²) in [6, 6.07) is 21.7. The van der Waals surface area contributed by atoms with Gasteiger partial charge in [-0.15, -0.1) is 0 Å². The fourth-order valence-corrected chi connectivity index (χ4v) is 4.33. The number of halogens is 1. The van der Waals surface area contributed by atoms with Crippen molar-refractivity contribution in [2.75, 3.05) is 0 Å². The number of aryl methyl sites for hydroxylation is 2. The second-order valence-electron chi connectivity index (χ2n) is 9.92. The normalized spacial score (nSPS) is 10.4. The van der Waals surface area contributed by atoms with Crippen molar-refractivity contribution < 1.29 is 4.39 Å². The van der Waals surface area contributed by atoms with Gasteiger partial charge in [-0.3, -0.25) is 0 Å². The first-order valence-electron chi connectivity index (χ1n) is 14.2. The highest BCUT2D eigenvalue weighted by Gasteiger charge is 2.01. The maximum atomic E-state index is 14.6. The summed E-state index contributed by atoms with van der Waals surface area (Å²) in [5.74, 6) is 12.0. The lowest BCUT2D eigenvalue weighted by Gasteiger charge is -2.03. The Bertz CT molecular complexity index is 1190. The van der Waals surface area contributed by atoms with Crippen LogP contribution in [-0.2, 0) is 12.8 Å². The minimum absolute atomic E-state index is 0.333. The van der Waals surface area contributed by atoms with E-state index in [1.807, 2.05) is 30.3 Å². The highest BCUT2D eigenvalue weighted by atomic mass is 19.1. The number of hydrogen-bond acceptors (Lipinski definition) is 0. The van der Waals surface area contributed by atoms with Crippen molar-refractivity contribution >= 4 is 0 Å². The van der Waals surface area contributed by atoms with Crippen LogP contribution in [-0.4, -0.2) is 0 Å². The average molecular weight is 493 g/mol. The summed E-state index contributed by atoms with van der Waals surface area (Å²) >= 11 is 0. The van der Waals surface area contributed by atoms with Gasteiger partial charge in [-0.2, -0.15) is 0 Å². The molecule has 3 rings (SSSR count). The molecule has 3 aromatic rings. The van der Waals surface area contributed by atoms with Gasteiger partial charge >= 0.3 is 0 Å². The molecule has 0 amide bonds. The number of hydrogen-bond donors (Lipinski definition) is 0. The van der Waals surface area contributed by atoms with Crippen molar-refractivity contribution in [3.63, 3.8) is 0 Å². The molecular weight excluding hydrogens is 451 g/mol. The first-order valence-corrected chi connectivity index (χ1v) is 14.2. The zero-order chi connectivity index (χ0) is 26.1. The van der Waals surface area contributed by atoms with Gasteiger partial charge in [-0.1, -0.05) is 113 Å². The van der Waals surface area contributed by atoms with Crippen LogP contribution in [0.1, 0.15) is 111 Å². The van der Waals surface area contributed by atoms with Gasteiger partial charge in [0.25, 0.3) is 0 Å². The molecule has 0 aliphatic carbocycles. The summed E-state index contributed by atoms with van der Waals surface area (Å²) < 4.78 is 14.6. The molecule has 1 heteroatoms. The standard InChI is InChI=1S/C36H41F/c1-3-5-7-8-9-10-11-12-14-31-17-21-33(22-18-31)25-27-35-28-26-34(29-36(35)37)24-23-32-19-15-30(16-20-32)13-6-4-2/h15-22,26,28-29H,3-14H2,1-2H3. The minimum atomic E-state index is -0.333. The highest BCUT2D eigenvalue weighted by Crippen LogP contribution is 2.13. The molecule has 0 aromatic heterocycles. The second-order valence-corrected chi connectivity index (χ2v) is 9.92. The third kappa shape index (κ3) is 10.7. The first-order chi connectivity index (χ1) is 18.2. The van der Waals surface area contributed by atoms with Crippen LogP contribution in [0.5, 0.6) is 0 Å². The number of rotatable bonds is 12. The van der Waals surface area contributed by atoms with Crippen molar-refractivity contribution in [3.8, 4) is 23.7 Å².